The molecule has 1 amide bonds. The summed E-state index contributed by atoms with van der Waals surface area (Å²) in [6.07, 6.45) is 0. The smallest absolute Gasteiger partial charge is 0.243 e. The Morgan fingerprint density at radius 3 is 2.47 bits per heavy atom. The maximum absolute atomic E-state index is 13.1. The van der Waals surface area contributed by atoms with E-state index < -0.39 is 15.8 Å². The molecule has 4 rings (SSSR count). The normalized spacial score (nSPS) is 15.2. The van der Waals surface area contributed by atoms with Crippen molar-refractivity contribution in [2.45, 2.75) is 23.5 Å². The molecule has 1 saturated heterocycles. The topological polar surface area (TPSA) is 88.4 Å². The lowest BCUT2D eigenvalue weighted by Gasteiger charge is -2.34. The van der Waals surface area contributed by atoms with E-state index in [1.807, 2.05) is 29.0 Å². The number of carbonyl (C=O) groups excluding carboxylic acids is 1. The van der Waals surface area contributed by atoms with Crippen LogP contribution in [-0.4, -0.2) is 70.2 Å². The maximum atomic E-state index is 13.1. The molecular formula is C20H22FN5O3S3. The average molecular weight is 496 g/mol. The van der Waals surface area contributed by atoms with Crippen molar-refractivity contribution in [1.82, 2.24) is 24.0 Å². The zero-order valence-corrected chi connectivity index (χ0v) is 19.8. The van der Waals surface area contributed by atoms with Crippen molar-refractivity contribution >= 4 is 39.0 Å². The Morgan fingerprint density at radius 2 is 1.84 bits per heavy atom. The number of halogens is 1. The fourth-order valence-corrected chi connectivity index (χ4v) is 6.46. The second kappa shape index (κ2) is 9.69. The van der Waals surface area contributed by atoms with Gasteiger partial charge in [0.1, 0.15) is 5.82 Å². The summed E-state index contributed by atoms with van der Waals surface area (Å²) in [5.74, 6) is 0.431. The van der Waals surface area contributed by atoms with Gasteiger partial charge in [-0.15, -0.1) is 21.5 Å². The van der Waals surface area contributed by atoms with E-state index in [-0.39, 0.29) is 29.6 Å². The molecule has 0 atom stereocenters. The van der Waals surface area contributed by atoms with Gasteiger partial charge in [-0.25, -0.2) is 12.8 Å². The highest BCUT2D eigenvalue weighted by Gasteiger charge is 2.30. The van der Waals surface area contributed by atoms with Crippen LogP contribution in [0.15, 0.2) is 51.8 Å². The lowest BCUT2D eigenvalue weighted by atomic mass is 10.3. The molecular weight excluding hydrogens is 473 g/mol. The van der Waals surface area contributed by atoms with Crippen LogP contribution < -0.4 is 0 Å². The highest BCUT2D eigenvalue weighted by atomic mass is 32.2. The van der Waals surface area contributed by atoms with Gasteiger partial charge < -0.3 is 9.47 Å². The number of hydrogen-bond donors (Lipinski definition) is 0. The number of benzene rings is 1. The number of aromatic nitrogens is 3. The minimum atomic E-state index is -3.71. The summed E-state index contributed by atoms with van der Waals surface area (Å²) >= 11 is 2.92. The summed E-state index contributed by atoms with van der Waals surface area (Å²) in [6, 6.07) is 8.72. The summed E-state index contributed by atoms with van der Waals surface area (Å²) in [6.45, 7) is 3.71. The Balaban J connectivity index is 1.34. The van der Waals surface area contributed by atoms with Gasteiger partial charge >= 0.3 is 0 Å². The summed E-state index contributed by atoms with van der Waals surface area (Å²) in [7, 11) is -3.71. The zero-order valence-electron chi connectivity index (χ0n) is 17.3. The van der Waals surface area contributed by atoms with Crippen LogP contribution in [0.3, 0.4) is 0 Å². The second-order valence-electron chi connectivity index (χ2n) is 7.06. The quantitative estimate of drug-likeness (QED) is 0.469. The van der Waals surface area contributed by atoms with E-state index in [1.54, 1.807) is 16.2 Å². The Kier molecular flexibility index (Phi) is 6.93. The lowest BCUT2D eigenvalue weighted by molar-refractivity contribution is -0.129. The van der Waals surface area contributed by atoms with Crippen LogP contribution in [0.4, 0.5) is 4.39 Å². The predicted octanol–water partition coefficient (Wildman–Crippen LogP) is 2.79. The van der Waals surface area contributed by atoms with E-state index in [2.05, 4.69) is 10.2 Å². The molecule has 1 aliphatic rings. The molecule has 170 valence electrons. The average Bonchev–Trinajstić information content (AvgIpc) is 3.47. The van der Waals surface area contributed by atoms with Gasteiger partial charge in [0.2, 0.25) is 15.9 Å². The molecule has 3 aromatic rings. The summed E-state index contributed by atoms with van der Waals surface area (Å²) in [5, 5.41) is 11.2. The van der Waals surface area contributed by atoms with Crippen LogP contribution in [-0.2, 0) is 21.4 Å². The van der Waals surface area contributed by atoms with Crippen LogP contribution in [0.5, 0.6) is 0 Å². The number of thioether (sulfide) groups is 1. The molecule has 1 aromatic carbocycles. The third-order valence-corrected chi connectivity index (χ3v) is 8.87. The first-order valence-electron chi connectivity index (χ1n) is 10.0. The molecule has 3 heterocycles. The summed E-state index contributed by atoms with van der Waals surface area (Å²) in [4.78, 5) is 15.4. The van der Waals surface area contributed by atoms with Crippen LogP contribution in [0, 0.1) is 5.82 Å². The van der Waals surface area contributed by atoms with Gasteiger partial charge in [0.05, 0.1) is 15.5 Å². The number of carbonyl (C=O) groups is 1. The third-order valence-electron chi connectivity index (χ3n) is 5.14. The van der Waals surface area contributed by atoms with Gasteiger partial charge in [0.25, 0.3) is 0 Å². The molecule has 12 heteroatoms. The largest absolute Gasteiger partial charge is 0.339 e. The standard InChI is InChI=1S/C20H22FN5O3S3/c1-2-26-19(17-4-3-13-30-17)22-23-20(26)31-14-18(27)24-9-11-25(12-10-24)32(28,29)16-7-5-15(21)6-8-16/h3-8,13H,2,9-12,14H2,1H3. The van der Waals surface area contributed by atoms with Gasteiger partial charge in [-0.2, -0.15) is 4.31 Å². The first-order valence-corrected chi connectivity index (χ1v) is 13.3. The molecule has 0 N–H and O–H groups in total. The minimum Gasteiger partial charge on any atom is -0.339 e. The number of piperazine rings is 1. The van der Waals surface area contributed by atoms with Crippen LogP contribution >= 0.6 is 23.1 Å². The van der Waals surface area contributed by atoms with Crippen molar-refractivity contribution in [2.24, 2.45) is 0 Å². The lowest BCUT2D eigenvalue weighted by Crippen LogP contribution is -2.50. The van der Waals surface area contributed by atoms with E-state index in [0.717, 1.165) is 22.8 Å². The molecule has 0 spiro atoms. The van der Waals surface area contributed by atoms with Gasteiger partial charge in [0, 0.05) is 32.7 Å². The number of thiophene rings is 1. The van der Waals surface area contributed by atoms with Crippen molar-refractivity contribution in [2.75, 3.05) is 31.9 Å². The Labute approximate surface area is 194 Å². The zero-order chi connectivity index (χ0) is 22.7. The predicted molar refractivity (Wildman–Crippen MR) is 121 cm³/mol. The van der Waals surface area contributed by atoms with Gasteiger partial charge in [-0.05, 0) is 42.6 Å². The third kappa shape index (κ3) is 4.72. The molecule has 0 unspecified atom stereocenters. The van der Waals surface area contributed by atoms with Crippen molar-refractivity contribution in [1.29, 1.82) is 0 Å². The van der Waals surface area contributed by atoms with Gasteiger partial charge in [0.15, 0.2) is 11.0 Å². The molecule has 0 bridgehead atoms. The van der Waals surface area contributed by atoms with E-state index >= 15 is 0 Å². The molecule has 0 saturated carbocycles. The van der Waals surface area contributed by atoms with Crippen molar-refractivity contribution in [3.63, 3.8) is 0 Å². The number of nitrogens with zero attached hydrogens (tertiary/aromatic N) is 5. The maximum Gasteiger partial charge on any atom is 0.243 e. The van der Waals surface area contributed by atoms with Crippen LogP contribution in [0.2, 0.25) is 0 Å². The number of rotatable bonds is 7. The van der Waals surface area contributed by atoms with Gasteiger partial charge in [-0.3, -0.25) is 4.79 Å². The number of hydrogen-bond acceptors (Lipinski definition) is 7. The second-order valence-corrected chi connectivity index (χ2v) is 10.9. The van der Waals surface area contributed by atoms with E-state index in [4.69, 9.17) is 0 Å². The Bertz CT molecular complexity index is 1170. The van der Waals surface area contributed by atoms with Gasteiger partial charge in [-0.1, -0.05) is 17.8 Å². The molecule has 0 aliphatic carbocycles. The molecule has 1 aliphatic heterocycles. The Hall–Kier alpha value is -2.28. The SMILES string of the molecule is CCn1c(SCC(=O)N2CCN(S(=O)(=O)c3ccc(F)cc3)CC2)nnc1-c1cccs1. The molecule has 1 fully saturated rings. The van der Waals surface area contributed by atoms with Crippen molar-refractivity contribution < 1.29 is 17.6 Å². The van der Waals surface area contributed by atoms with Crippen molar-refractivity contribution in [3.05, 3.63) is 47.6 Å². The fraction of sp³-hybridized carbons (Fsp3) is 0.350. The highest BCUT2D eigenvalue weighted by molar-refractivity contribution is 7.99. The highest BCUT2D eigenvalue weighted by Crippen LogP contribution is 2.27. The number of amides is 1. The van der Waals surface area contributed by atoms with Crippen LogP contribution in [0.1, 0.15) is 6.92 Å². The Morgan fingerprint density at radius 1 is 1.12 bits per heavy atom. The van der Waals surface area contributed by atoms with E-state index in [9.17, 15) is 17.6 Å². The first kappa shape index (κ1) is 22.9. The van der Waals surface area contributed by atoms with E-state index in [0.29, 0.717) is 24.8 Å². The summed E-state index contributed by atoms with van der Waals surface area (Å²) in [5.41, 5.74) is 0. The minimum absolute atomic E-state index is 0.0506. The van der Waals surface area contributed by atoms with Crippen molar-refractivity contribution in [3.8, 4) is 10.7 Å². The molecule has 0 radical (unpaired) electrons. The summed E-state index contributed by atoms with van der Waals surface area (Å²) < 4.78 is 41.9. The fourth-order valence-electron chi connectivity index (χ4n) is 3.42. The molecule has 8 nitrogen and oxygen atoms in total. The molecule has 2 aromatic heterocycles. The first-order chi connectivity index (χ1) is 15.4. The number of sulfonamides is 1. The van der Waals surface area contributed by atoms with Crippen LogP contribution in [0.25, 0.3) is 10.7 Å². The van der Waals surface area contributed by atoms with E-state index in [1.165, 1.54) is 28.2 Å². The monoisotopic (exact) mass is 495 g/mol. The molecule has 32 heavy (non-hydrogen) atoms.